The lowest BCUT2D eigenvalue weighted by molar-refractivity contribution is -0.293. The Kier molecular flexibility index (Phi) is 9.19. The molecule has 9 nitrogen and oxygen atoms in total. The van der Waals surface area contributed by atoms with E-state index in [0.717, 1.165) is 9.80 Å². The maximum Gasteiger partial charge on any atom is 0.461 e. The topological polar surface area (TPSA) is 105 Å². The van der Waals surface area contributed by atoms with Crippen LogP contribution in [0.5, 0.6) is 0 Å². The Morgan fingerprint density at radius 2 is 1.65 bits per heavy atom. The van der Waals surface area contributed by atoms with E-state index in [4.69, 9.17) is 4.74 Å². The van der Waals surface area contributed by atoms with Crippen molar-refractivity contribution in [2.75, 3.05) is 19.6 Å². The molecule has 19 heteroatoms. The van der Waals surface area contributed by atoms with Gasteiger partial charge >= 0.3 is 24.4 Å². The van der Waals surface area contributed by atoms with Gasteiger partial charge < -0.3 is 19.9 Å². The second kappa shape index (κ2) is 11.6. The molecule has 0 saturated carbocycles. The third-order valence-corrected chi connectivity index (χ3v) is 6.39. The number of carbonyl (C=O) groups excluding carboxylic acids is 3. The number of amides is 3. The Balaban J connectivity index is 1.88. The van der Waals surface area contributed by atoms with Gasteiger partial charge in [-0.05, 0) is 27.2 Å². The number of fused-ring (bicyclic) bond motifs is 1. The first-order valence-corrected chi connectivity index (χ1v) is 12.7. The van der Waals surface area contributed by atoms with Gasteiger partial charge in [0.25, 0.3) is 5.92 Å². The van der Waals surface area contributed by atoms with Crippen LogP contribution in [-0.4, -0.2) is 81.1 Å². The van der Waals surface area contributed by atoms with E-state index in [-0.39, 0.29) is 0 Å². The van der Waals surface area contributed by atoms with Gasteiger partial charge in [0.2, 0.25) is 17.6 Å². The number of likely N-dealkylation sites (tertiary alicyclic amines) is 1. The van der Waals surface area contributed by atoms with Crippen molar-refractivity contribution in [3.05, 3.63) is 22.8 Å². The molecule has 1 N–H and O–H groups in total. The van der Waals surface area contributed by atoms with Gasteiger partial charge in [-0.15, -0.1) is 0 Å². The molecular weight excluding hydrogens is 612 g/mol. The van der Waals surface area contributed by atoms with E-state index >= 15 is 0 Å². The highest BCUT2D eigenvalue weighted by atomic mass is 19.4. The molecule has 3 amide bonds. The predicted molar refractivity (Wildman–Crippen MR) is 125 cm³/mol. The smallest absolute Gasteiger partial charge is 0.444 e. The van der Waals surface area contributed by atoms with E-state index in [1.54, 1.807) is 0 Å². The number of nitrogens with one attached hydrogen (secondary N) is 1. The normalized spacial score (nSPS) is 18.7. The number of alkyl halides is 10. The molecular formula is C24H27F10N5O4. The summed E-state index contributed by atoms with van der Waals surface area (Å²) in [5.41, 5.74) is -4.71. The summed E-state index contributed by atoms with van der Waals surface area (Å²) in [6.07, 6.45) is -15.5. The summed E-state index contributed by atoms with van der Waals surface area (Å²) in [5.74, 6) is -13.2. The van der Waals surface area contributed by atoms with E-state index < -0.39 is 128 Å². The first-order chi connectivity index (χ1) is 19.4. The number of nitrogens with zero attached hydrogens (tertiary/aromatic N) is 4. The van der Waals surface area contributed by atoms with Crippen molar-refractivity contribution in [2.24, 2.45) is 0 Å². The van der Waals surface area contributed by atoms with E-state index in [1.165, 1.54) is 20.8 Å². The number of ether oxygens (including phenoxy) is 1. The SMILES string of the molecule is CC(C)(C)OC(=O)N[C@@H](CC(=O)N1CCc2c(nc(C(F)(F)C(F)(F)F)nc2C(F)(F)F)C1)CN1CC(F)(F)CCC1=O. The molecule has 3 heterocycles. The second-order valence-electron chi connectivity index (χ2n) is 11.1. The minimum atomic E-state index is -6.32. The lowest BCUT2D eigenvalue weighted by Gasteiger charge is -2.36. The highest BCUT2D eigenvalue weighted by molar-refractivity contribution is 5.79. The first kappa shape index (κ1) is 34.1. The monoisotopic (exact) mass is 639 g/mol. The van der Waals surface area contributed by atoms with Crippen molar-refractivity contribution in [3.8, 4) is 0 Å². The molecule has 1 aromatic heterocycles. The summed E-state index contributed by atoms with van der Waals surface area (Å²) in [6, 6.07) is -1.36. The predicted octanol–water partition coefficient (Wildman–Crippen LogP) is 4.58. The van der Waals surface area contributed by atoms with Crippen molar-refractivity contribution in [1.29, 1.82) is 0 Å². The fourth-order valence-corrected chi connectivity index (χ4v) is 4.45. The maximum absolute atomic E-state index is 14.0. The number of hydrogen-bond acceptors (Lipinski definition) is 6. The van der Waals surface area contributed by atoms with Crippen LogP contribution in [0.3, 0.4) is 0 Å². The zero-order valence-corrected chi connectivity index (χ0v) is 22.9. The standard InChI is InChI=1S/C24H27F10N5O4/c1-20(2,3)43-19(42)35-12(9-39-11-21(25,26)6-4-15(39)40)8-16(41)38-7-5-13-14(10-38)36-18(22(27,28)24(32,33)34)37-17(13)23(29,30)31/h12H,4-11H2,1-3H3,(H,35,42)/t12-/m0/s1. The zero-order chi connectivity index (χ0) is 32.8. The van der Waals surface area contributed by atoms with Crippen molar-refractivity contribution in [1.82, 2.24) is 25.1 Å². The van der Waals surface area contributed by atoms with Gasteiger partial charge in [0.05, 0.1) is 24.8 Å². The number of aromatic nitrogens is 2. The quantitative estimate of drug-likeness (QED) is 0.458. The van der Waals surface area contributed by atoms with Gasteiger partial charge in [0.1, 0.15) is 5.60 Å². The summed E-state index contributed by atoms with van der Waals surface area (Å²) < 4.78 is 140. The number of hydrogen-bond donors (Lipinski definition) is 1. The van der Waals surface area contributed by atoms with Gasteiger partial charge in [-0.25, -0.2) is 23.5 Å². The van der Waals surface area contributed by atoms with Gasteiger partial charge in [0.15, 0.2) is 5.69 Å². The van der Waals surface area contributed by atoms with Crippen LogP contribution >= 0.6 is 0 Å². The van der Waals surface area contributed by atoms with Crippen molar-refractivity contribution in [3.63, 3.8) is 0 Å². The molecule has 1 atom stereocenters. The average Bonchev–Trinajstić information content (AvgIpc) is 2.82. The molecule has 1 saturated heterocycles. The van der Waals surface area contributed by atoms with Gasteiger partial charge in [0, 0.05) is 37.9 Å². The number of halogens is 10. The third kappa shape index (κ3) is 8.36. The molecule has 1 fully saturated rings. The number of alkyl carbamates (subject to hydrolysis) is 1. The molecule has 43 heavy (non-hydrogen) atoms. The minimum Gasteiger partial charge on any atom is -0.444 e. The van der Waals surface area contributed by atoms with E-state index in [0.29, 0.717) is 0 Å². The van der Waals surface area contributed by atoms with Gasteiger partial charge in [-0.3, -0.25) is 9.59 Å². The van der Waals surface area contributed by atoms with Gasteiger partial charge in [-0.1, -0.05) is 0 Å². The lowest BCUT2D eigenvalue weighted by atomic mass is 10.0. The highest BCUT2D eigenvalue weighted by Gasteiger charge is 2.62. The fraction of sp³-hybridized carbons (Fsp3) is 0.708. The molecule has 242 valence electrons. The largest absolute Gasteiger partial charge is 0.461 e. The van der Waals surface area contributed by atoms with E-state index in [2.05, 4.69) is 15.3 Å². The van der Waals surface area contributed by atoms with E-state index in [1.807, 2.05) is 0 Å². The molecule has 0 unspecified atom stereocenters. The molecule has 3 rings (SSSR count). The lowest BCUT2D eigenvalue weighted by Crippen LogP contribution is -2.54. The van der Waals surface area contributed by atoms with Gasteiger partial charge in [-0.2, -0.15) is 35.1 Å². The van der Waals surface area contributed by atoms with Crippen LogP contribution in [0.25, 0.3) is 0 Å². The molecule has 2 aliphatic rings. The number of carbonyl (C=O) groups is 3. The Bertz CT molecular complexity index is 1250. The fourth-order valence-electron chi connectivity index (χ4n) is 4.45. The van der Waals surface area contributed by atoms with Crippen LogP contribution in [0.1, 0.15) is 62.8 Å². The van der Waals surface area contributed by atoms with Crippen LogP contribution in [0.15, 0.2) is 0 Å². The molecule has 2 aliphatic heterocycles. The minimum absolute atomic E-state index is 0.479. The molecule has 1 aromatic rings. The Labute approximate surface area is 237 Å². The molecule has 0 aromatic carbocycles. The molecule has 0 spiro atoms. The zero-order valence-electron chi connectivity index (χ0n) is 22.9. The van der Waals surface area contributed by atoms with Crippen LogP contribution in [0.2, 0.25) is 0 Å². The van der Waals surface area contributed by atoms with Crippen LogP contribution in [-0.2, 0) is 39.4 Å². The Morgan fingerprint density at radius 1 is 1.02 bits per heavy atom. The Hall–Kier alpha value is -3.41. The second-order valence-corrected chi connectivity index (χ2v) is 11.1. The Morgan fingerprint density at radius 3 is 2.21 bits per heavy atom. The maximum atomic E-state index is 14.0. The van der Waals surface area contributed by atoms with Crippen LogP contribution in [0.4, 0.5) is 48.7 Å². The highest BCUT2D eigenvalue weighted by Crippen LogP contribution is 2.44. The molecule has 0 aliphatic carbocycles. The van der Waals surface area contributed by atoms with E-state index in [9.17, 15) is 58.3 Å². The molecule has 0 bridgehead atoms. The van der Waals surface area contributed by atoms with Crippen LogP contribution in [0, 0.1) is 0 Å². The van der Waals surface area contributed by atoms with Crippen molar-refractivity contribution < 1.29 is 63.0 Å². The molecule has 0 radical (unpaired) electrons. The van der Waals surface area contributed by atoms with Crippen LogP contribution < -0.4 is 5.32 Å². The average molecular weight is 639 g/mol. The van der Waals surface area contributed by atoms with Crippen molar-refractivity contribution >= 4 is 17.9 Å². The number of rotatable bonds is 6. The summed E-state index contributed by atoms with van der Waals surface area (Å²) >= 11 is 0. The third-order valence-electron chi connectivity index (χ3n) is 6.39. The summed E-state index contributed by atoms with van der Waals surface area (Å²) in [5, 5.41) is 2.29. The summed E-state index contributed by atoms with van der Waals surface area (Å²) in [4.78, 5) is 44.8. The summed E-state index contributed by atoms with van der Waals surface area (Å²) in [7, 11) is 0. The first-order valence-electron chi connectivity index (χ1n) is 12.7. The van der Waals surface area contributed by atoms with Crippen molar-refractivity contribution in [2.45, 2.75) is 88.8 Å². The number of piperidine rings is 1. The summed E-state index contributed by atoms with van der Waals surface area (Å²) in [6.45, 7) is 1.48.